The minimum absolute atomic E-state index is 0.463. The molecule has 3 rings (SSSR count). The SMILES string of the molecule is CN1CCCC(N(C)c2nc3c(cc2C#N)CCCC3)C1. The van der Waals surface area contributed by atoms with E-state index in [9.17, 15) is 5.26 Å². The summed E-state index contributed by atoms with van der Waals surface area (Å²) in [6, 6.07) is 4.91. The number of anilines is 1. The van der Waals surface area contributed by atoms with Crippen LogP contribution in [0.3, 0.4) is 0 Å². The molecule has 1 aliphatic carbocycles. The van der Waals surface area contributed by atoms with Crippen molar-refractivity contribution in [1.29, 1.82) is 5.26 Å². The van der Waals surface area contributed by atoms with E-state index in [1.54, 1.807) is 0 Å². The van der Waals surface area contributed by atoms with Crippen molar-refractivity contribution in [2.75, 3.05) is 32.1 Å². The Morgan fingerprint density at radius 2 is 2.14 bits per heavy atom. The van der Waals surface area contributed by atoms with Crippen molar-refractivity contribution in [3.63, 3.8) is 0 Å². The van der Waals surface area contributed by atoms with Crippen LogP contribution in [0.2, 0.25) is 0 Å². The molecule has 2 heterocycles. The maximum Gasteiger partial charge on any atom is 0.146 e. The highest BCUT2D eigenvalue weighted by Crippen LogP contribution is 2.28. The number of aromatic nitrogens is 1. The Morgan fingerprint density at radius 3 is 2.90 bits per heavy atom. The minimum atomic E-state index is 0.463. The molecule has 0 radical (unpaired) electrons. The lowest BCUT2D eigenvalue weighted by Gasteiger charge is -2.37. The number of hydrogen-bond acceptors (Lipinski definition) is 4. The van der Waals surface area contributed by atoms with Crippen LogP contribution in [0.5, 0.6) is 0 Å². The lowest BCUT2D eigenvalue weighted by atomic mass is 9.94. The van der Waals surface area contributed by atoms with Crippen LogP contribution in [-0.2, 0) is 12.8 Å². The lowest BCUT2D eigenvalue weighted by Crippen LogP contribution is -2.45. The van der Waals surface area contributed by atoms with Gasteiger partial charge in [-0.3, -0.25) is 0 Å². The molecular weight excluding hydrogens is 260 g/mol. The van der Waals surface area contributed by atoms with Crippen molar-refractivity contribution in [3.05, 3.63) is 22.9 Å². The summed E-state index contributed by atoms with van der Waals surface area (Å²) in [6.45, 7) is 2.23. The molecule has 0 spiro atoms. The Balaban J connectivity index is 1.91. The molecule has 1 atom stereocenters. The summed E-state index contributed by atoms with van der Waals surface area (Å²) in [5.41, 5.74) is 3.24. The van der Waals surface area contributed by atoms with Gasteiger partial charge >= 0.3 is 0 Å². The fourth-order valence-electron chi connectivity index (χ4n) is 3.60. The Kier molecular flexibility index (Phi) is 4.12. The van der Waals surface area contributed by atoms with Crippen LogP contribution in [0.25, 0.3) is 0 Å². The van der Waals surface area contributed by atoms with E-state index < -0.39 is 0 Å². The molecule has 1 fully saturated rings. The van der Waals surface area contributed by atoms with Crippen LogP contribution in [0.4, 0.5) is 5.82 Å². The summed E-state index contributed by atoms with van der Waals surface area (Å²) in [4.78, 5) is 9.48. The smallest absolute Gasteiger partial charge is 0.146 e. The number of rotatable bonds is 2. The number of hydrogen-bond donors (Lipinski definition) is 0. The van der Waals surface area contributed by atoms with Gasteiger partial charge in [0.05, 0.1) is 5.56 Å². The predicted molar refractivity (Wildman–Crippen MR) is 84.5 cm³/mol. The third-order valence-electron chi connectivity index (χ3n) is 4.88. The number of fused-ring (bicyclic) bond motifs is 1. The third-order valence-corrected chi connectivity index (χ3v) is 4.88. The summed E-state index contributed by atoms with van der Waals surface area (Å²) >= 11 is 0. The fourth-order valence-corrected chi connectivity index (χ4v) is 3.60. The number of likely N-dealkylation sites (N-methyl/N-ethyl adjacent to an activating group) is 2. The van der Waals surface area contributed by atoms with Gasteiger partial charge in [0, 0.05) is 25.3 Å². The number of nitrogens with zero attached hydrogens (tertiary/aromatic N) is 4. The van der Waals surface area contributed by atoms with Gasteiger partial charge in [-0.05, 0) is 63.7 Å². The molecule has 0 amide bonds. The van der Waals surface area contributed by atoms with Gasteiger partial charge in [0.1, 0.15) is 11.9 Å². The topological polar surface area (TPSA) is 43.2 Å². The zero-order valence-corrected chi connectivity index (χ0v) is 13.1. The molecule has 0 aromatic carbocycles. The van der Waals surface area contributed by atoms with E-state index in [1.165, 1.54) is 43.5 Å². The molecule has 1 aromatic rings. The van der Waals surface area contributed by atoms with Crippen molar-refractivity contribution in [2.24, 2.45) is 0 Å². The van der Waals surface area contributed by atoms with Crippen molar-refractivity contribution >= 4 is 5.82 Å². The largest absolute Gasteiger partial charge is 0.354 e. The summed E-state index contributed by atoms with van der Waals surface area (Å²) in [5.74, 6) is 0.887. The number of nitriles is 1. The van der Waals surface area contributed by atoms with E-state index in [1.807, 2.05) is 0 Å². The maximum absolute atomic E-state index is 9.49. The van der Waals surface area contributed by atoms with Crippen molar-refractivity contribution in [2.45, 2.75) is 44.6 Å². The second-order valence-electron chi connectivity index (χ2n) is 6.45. The van der Waals surface area contributed by atoms with Gasteiger partial charge < -0.3 is 9.80 Å². The molecule has 1 aliphatic heterocycles. The van der Waals surface area contributed by atoms with E-state index in [2.05, 4.69) is 36.0 Å². The Morgan fingerprint density at radius 1 is 1.33 bits per heavy atom. The van der Waals surface area contributed by atoms with Gasteiger partial charge in [-0.15, -0.1) is 0 Å². The molecular formula is C17H24N4. The van der Waals surface area contributed by atoms with Gasteiger partial charge in [-0.25, -0.2) is 4.98 Å². The zero-order valence-electron chi connectivity index (χ0n) is 13.1. The average molecular weight is 284 g/mol. The van der Waals surface area contributed by atoms with Crippen LogP contribution in [0.1, 0.15) is 42.5 Å². The average Bonchev–Trinajstić information content (AvgIpc) is 2.53. The van der Waals surface area contributed by atoms with Crippen LogP contribution >= 0.6 is 0 Å². The van der Waals surface area contributed by atoms with Crippen LogP contribution < -0.4 is 4.90 Å². The molecule has 0 N–H and O–H groups in total. The van der Waals surface area contributed by atoms with Gasteiger partial charge in [0.25, 0.3) is 0 Å². The number of likely N-dealkylation sites (tertiary alicyclic amines) is 1. The summed E-state index contributed by atoms with van der Waals surface area (Å²) in [7, 11) is 4.27. The van der Waals surface area contributed by atoms with Gasteiger partial charge in [0.15, 0.2) is 0 Å². The standard InChI is InChI=1S/C17H24N4/c1-20-9-5-7-15(12-20)21(2)17-14(11-18)10-13-6-3-4-8-16(13)19-17/h10,15H,3-9,12H2,1-2H3. The first-order valence-electron chi connectivity index (χ1n) is 8.03. The van der Waals surface area contributed by atoms with E-state index in [4.69, 9.17) is 4.98 Å². The maximum atomic E-state index is 9.49. The molecule has 112 valence electrons. The number of piperidine rings is 1. The predicted octanol–water partition coefficient (Wildman–Crippen LogP) is 2.36. The minimum Gasteiger partial charge on any atom is -0.354 e. The highest BCUT2D eigenvalue weighted by Gasteiger charge is 2.25. The zero-order chi connectivity index (χ0) is 14.8. The van der Waals surface area contributed by atoms with Crippen LogP contribution in [-0.4, -0.2) is 43.1 Å². The van der Waals surface area contributed by atoms with Crippen molar-refractivity contribution < 1.29 is 0 Å². The molecule has 0 bridgehead atoms. The Hall–Kier alpha value is -1.60. The van der Waals surface area contributed by atoms with E-state index in [0.29, 0.717) is 6.04 Å². The first kappa shape index (κ1) is 14.3. The molecule has 1 saturated heterocycles. The Bertz CT molecular complexity index is 561. The van der Waals surface area contributed by atoms with Crippen molar-refractivity contribution in [3.8, 4) is 6.07 Å². The van der Waals surface area contributed by atoms with E-state index >= 15 is 0 Å². The molecule has 2 aliphatic rings. The van der Waals surface area contributed by atoms with Gasteiger partial charge in [-0.1, -0.05) is 0 Å². The quantitative estimate of drug-likeness (QED) is 0.836. The third kappa shape index (κ3) is 2.89. The normalized spacial score (nSPS) is 22.4. The Labute approximate surface area is 127 Å². The van der Waals surface area contributed by atoms with Gasteiger partial charge in [-0.2, -0.15) is 5.26 Å². The first-order valence-corrected chi connectivity index (χ1v) is 8.03. The second kappa shape index (κ2) is 6.03. The summed E-state index contributed by atoms with van der Waals surface area (Å²) in [6.07, 6.45) is 6.99. The summed E-state index contributed by atoms with van der Waals surface area (Å²) < 4.78 is 0. The van der Waals surface area contributed by atoms with E-state index in [-0.39, 0.29) is 0 Å². The van der Waals surface area contributed by atoms with E-state index in [0.717, 1.165) is 30.8 Å². The molecule has 1 unspecified atom stereocenters. The van der Waals surface area contributed by atoms with Crippen LogP contribution in [0, 0.1) is 11.3 Å². The molecule has 1 aromatic heterocycles. The highest BCUT2D eigenvalue weighted by atomic mass is 15.2. The monoisotopic (exact) mass is 284 g/mol. The first-order chi connectivity index (χ1) is 10.2. The molecule has 0 saturated carbocycles. The lowest BCUT2D eigenvalue weighted by molar-refractivity contribution is 0.247. The highest BCUT2D eigenvalue weighted by molar-refractivity contribution is 5.56. The van der Waals surface area contributed by atoms with Crippen molar-refractivity contribution in [1.82, 2.24) is 9.88 Å². The molecule has 21 heavy (non-hydrogen) atoms. The van der Waals surface area contributed by atoms with Gasteiger partial charge in [0.2, 0.25) is 0 Å². The fraction of sp³-hybridized carbons (Fsp3) is 0.647. The second-order valence-corrected chi connectivity index (χ2v) is 6.45. The number of pyridine rings is 1. The molecule has 4 heteroatoms. The van der Waals surface area contributed by atoms with Crippen LogP contribution in [0.15, 0.2) is 6.07 Å². The number of aryl methyl sites for hydroxylation is 2. The molecule has 4 nitrogen and oxygen atoms in total. The summed E-state index contributed by atoms with van der Waals surface area (Å²) in [5, 5.41) is 9.49.